The summed E-state index contributed by atoms with van der Waals surface area (Å²) in [6, 6.07) is 0. The summed E-state index contributed by atoms with van der Waals surface area (Å²) in [5.74, 6) is 5.83. The Bertz CT molecular complexity index is 582. The summed E-state index contributed by atoms with van der Waals surface area (Å²) in [6.07, 6.45) is 2.80. The van der Waals surface area contributed by atoms with Gasteiger partial charge in [0.15, 0.2) is 0 Å². The highest BCUT2D eigenvalue weighted by atomic mass is 16.1. The molecule has 0 spiro atoms. The average Bonchev–Trinajstić information content (AvgIpc) is 3.00. The van der Waals surface area contributed by atoms with E-state index in [0.717, 1.165) is 0 Å². The van der Waals surface area contributed by atoms with Crippen LogP contribution in [0.4, 0.5) is 11.9 Å². The molecule has 0 bridgehead atoms. The standard InChI is InChI=1S/C9H14N10O/c1-11-6(20)3-18(2)8-14-7(17-10)15-9(16-8)19-5-12-4-13-19/h4-5H,3,10H2,1-2H3,(H,11,20)(H,14,15,16,17). The summed E-state index contributed by atoms with van der Waals surface area (Å²) in [5, 5.41) is 6.44. The van der Waals surface area contributed by atoms with Gasteiger partial charge in [-0.25, -0.2) is 10.8 Å². The Morgan fingerprint density at radius 2 is 2.25 bits per heavy atom. The maximum Gasteiger partial charge on any atom is 0.258 e. The molecule has 0 atom stereocenters. The molecule has 2 heterocycles. The first kappa shape index (κ1) is 13.6. The number of rotatable bonds is 5. The van der Waals surface area contributed by atoms with Gasteiger partial charge in [0.05, 0.1) is 6.54 Å². The number of nitrogens with zero attached hydrogens (tertiary/aromatic N) is 7. The molecule has 2 rings (SSSR count). The molecule has 0 saturated heterocycles. The summed E-state index contributed by atoms with van der Waals surface area (Å²) in [4.78, 5) is 29.1. The van der Waals surface area contributed by atoms with E-state index in [4.69, 9.17) is 5.84 Å². The molecule has 2 aromatic heterocycles. The highest BCUT2D eigenvalue weighted by Crippen LogP contribution is 2.10. The number of nitrogens with one attached hydrogen (secondary N) is 2. The van der Waals surface area contributed by atoms with Crippen LogP contribution >= 0.6 is 0 Å². The molecule has 11 nitrogen and oxygen atoms in total. The summed E-state index contributed by atoms with van der Waals surface area (Å²) in [7, 11) is 3.23. The number of aromatic nitrogens is 6. The van der Waals surface area contributed by atoms with Crippen molar-refractivity contribution in [1.82, 2.24) is 35.0 Å². The van der Waals surface area contributed by atoms with Crippen molar-refractivity contribution in [2.24, 2.45) is 5.84 Å². The van der Waals surface area contributed by atoms with E-state index >= 15 is 0 Å². The lowest BCUT2D eigenvalue weighted by molar-refractivity contribution is -0.119. The molecule has 0 radical (unpaired) electrons. The van der Waals surface area contributed by atoms with Crippen LogP contribution in [0.25, 0.3) is 5.95 Å². The molecule has 0 aliphatic rings. The minimum absolute atomic E-state index is 0.0985. The number of nitrogen functional groups attached to an aromatic ring is 1. The Kier molecular flexibility index (Phi) is 4.00. The van der Waals surface area contributed by atoms with Gasteiger partial charge in [-0.2, -0.15) is 24.7 Å². The van der Waals surface area contributed by atoms with E-state index in [2.05, 4.69) is 35.8 Å². The third-order valence-electron chi connectivity index (χ3n) is 2.37. The van der Waals surface area contributed by atoms with Crippen molar-refractivity contribution in [3.8, 4) is 5.95 Å². The summed E-state index contributed by atoms with van der Waals surface area (Å²) in [6.45, 7) is 0.0985. The van der Waals surface area contributed by atoms with Gasteiger partial charge in [0.1, 0.15) is 12.7 Å². The fourth-order valence-corrected chi connectivity index (χ4v) is 1.37. The van der Waals surface area contributed by atoms with Gasteiger partial charge in [-0.05, 0) is 0 Å². The summed E-state index contributed by atoms with van der Waals surface area (Å²) >= 11 is 0. The largest absolute Gasteiger partial charge is 0.358 e. The van der Waals surface area contributed by atoms with E-state index < -0.39 is 0 Å². The highest BCUT2D eigenvalue weighted by molar-refractivity contribution is 5.80. The number of nitrogens with two attached hydrogens (primary N) is 1. The van der Waals surface area contributed by atoms with Crippen molar-refractivity contribution in [2.45, 2.75) is 0 Å². The fraction of sp³-hybridized carbons (Fsp3) is 0.333. The van der Waals surface area contributed by atoms with Gasteiger partial charge in [-0.15, -0.1) is 0 Å². The van der Waals surface area contributed by atoms with Crippen molar-refractivity contribution in [3.63, 3.8) is 0 Å². The van der Waals surface area contributed by atoms with Crippen molar-refractivity contribution in [2.75, 3.05) is 31.0 Å². The molecule has 0 fully saturated rings. The predicted octanol–water partition coefficient (Wildman–Crippen LogP) is -2.08. The van der Waals surface area contributed by atoms with Crippen LogP contribution in [0, 0.1) is 0 Å². The zero-order chi connectivity index (χ0) is 14.5. The van der Waals surface area contributed by atoms with Crippen molar-refractivity contribution in [1.29, 1.82) is 0 Å². The quantitative estimate of drug-likeness (QED) is 0.415. The normalized spacial score (nSPS) is 10.2. The first-order chi connectivity index (χ1) is 9.63. The molecule has 4 N–H and O–H groups in total. The molecule has 0 aliphatic carbocycles. The van der Waals surface area contributed by atoms with Crippen LogP contribution < -0.4 is 21.5 Å². The van der Waals surface area contributed by atoms with Crippen LogP contribution in [0.5, 0.6) is 0 Å². The Hall–Kier alpha value is -2.82. The van der Waals surface area contributed by atoms with Gasteiger partial charge in [-0.1, -0.05) is 0 Å². The first-order valence-electron chi connectivity index (χ1n) is 5.63. The molecule has 11 heteroatoms. The zero-order valence-electron chi connectivity index (χ0n) is 11.0. The number of hydrogen-bond donors (Lipinski definition) is 3. The van der Waals surface area contributed by atoms with Gasteiger partial charge < -0.3 is 10.2 Å². The van der Waals surface area contributed by atoms with Crippen LogP contribution in [0.3, 0.4) is 0 Å². The molecule has 106 valence electrons. The number of hydrazine groups is 1. The second-order valence-electron chi connectivity index (χ2n) is 3.77. The van der Waals surface area contributed by atoms with E-state index in [0.29, 0.717) is 0 Å². The van der Waals surface area contributed by atoms with Crippen molar-refractivity contribution >= 4 is 17.8 Å². The molecular weight excluding hydrogens is 264 g/mol. The third-order valence-corrected chi connectivity index (χ3v) is 2.37. The predicted molar refractivity (Wildman–Crippen MR) is 69.9 cm³/mol. The zero-order valence-corrected chi connectivity index (χ0v) is 11.0. The van der Waals surface area contributed by atoms with E-state index in [-0.39, 0.29) is 30.3 Å². The monoisotopic (exact) mass is 278 g/mol. The highest BCUT2D eigenvalue weighted by Gasteiger charge is 2.13. The topological polar surface area (TPSA) is 140 Å². The summed E-state index contributed by atoms with van der Waals surface area (Å²) in [5.41, 5.74) is 2.34. The minimum atomic E-state index is -0.169. The molecule has 0 aromatic carbocycles. The van der Waals surface area contributed by atoms with E-state index in [1.165, 1.54) is 17.3 Å². The van der Waals surface area contributed by atoms with Crippen molar-refractivity contribution in [3.05, 3.63) is 12.7 Å². The third kappa shape index (κ3) is 2.95. The van der Waals surface area contributed by atoms with E-state index in [9.17, 15) is 4.79 Å². The lowest BCUT2D eigenvalue weighted by atomic mass is 10.5. The molecule has 0 aliphatic heterocycles. The lowest BCUT2D eigenvalue weighted by Crippen LogP contribution is -2.34. The second kappa shape index (κ2) is 5.88. The van der Waals surface area contributed by atoms with Gasteiger partial charge in [0.25, 0.3) is 5.95 Å². The first-order valence-corrected chi connectivity index (χ1v) is 5.63. The Labute approximate surface area is 114 Å². The number of likely N-dealkylation sites (N-methyl/N-ethyl adjacent to an activating group) is 2. The molecule has 0 saturated carbocycles. The molecular formula is C9H14N10O. The molecule has 20 heavy (non-hydrogen) atoms. The molecule has 0 unspecified atom stereocenters. The lowest BCUT2D eigenvalue weighted by Gasteiger charge is -2.16. The fourth-order valence-electron chi connectivity index (χ4n) is 1.37. The molecule has 1 amide bonds. The van der Waals surface area contributed by atoms with E-state index in [1.807, 2.05) is 0 Å². The van der Waals surface area contributed by atoms with Gasteiger partial charge in [0.2, 0.25) is 17.8 Å². The Balaban J connectivity index is 2.33. The number of carbonyl (C=O) groups excluding carboxylic acids is 1. The SMILES string of the molecule is CNC(=O)CN(C)c1nc(NN)nc(-n2cncn2)n1. The van der Waals surface area contributed by atoms with Gasteiger partial charge in [0, 0.05) is 14.1 Å². The maximum absolute atomic E-state index is 11.4. The van der Waals surface area contributed by atoms with Crippen LogP contribution in [0.1, 0.15) is 0 Å². The number of hydrogen-bond acceptors (Lipinski definition) is 9. The Morgan fingerprint density at radius 1 is 1.45 bits per heavy atom. The number of amides is 1. The number of anilines is 2. The maximum atomic E-state index is 11.4. The van der Waals surface area contributed by atoms with Crippen LogP contribution in [-0.4, -0.2) is 56.3 Å². The van der Waals surface area contributed by atoms with Crippen LogP contribution in [0.2, 0.25) is 0 Å². The molecule has 2 aromatic rings. The second-order valence-corrected chi connectivity index (χ2v) is 3.77. The van der Waals surface area contributed by atoms with Gasteiger partial charge in [-0.3, -0.25) is 10.2 Å². The number of carbonyl (C=O) groups is 1. The Morgan fingerprint density at radius 3 is 2.85 bits per heavy atom. The smallest absolute Gasteiger partial charge is 0.258 e. The van der Waals surface area contributed by atoms with Crippen LogP contribution in [0.15, 0.2) is 12.7 Å². The average molecular weight is 278 g/mol. The van der Waals surface area contributed by atoms with Gasteiger partial charge >= 0.3 is 0 Å². The van der Waals surface area contributed by atoms with Crippen molar-refractivity contribution < 1.29 is 4.79 Å². The minimum Gasteiger partial charge on any atom is -0.358 e. The van der Waals surface area contributed by atoms with Crippen LogP contribution in [-0.2, 0) is 4.79 Å². The van der Waals surface area contributed by atoms with E-state index in [1.54, 1.807) is 19.0 Å². The summed E-state index contributed by atoms with van der Waals surface area (Å²) < 4.78 is 1.36.